The van der Waals surface area contributed by atoms with E-state index in [1.165, 1.54) is 6.07 Å². The normalized spacial score (nSPS) is 18.7. The number of ether oxygens (including phenoxy) is 4. The molecule has 31 heavy (non-hydrogen) atoms. The van der Waals surface area contributed by atoms with E-state index < -0.39 is 0 Å². The number of carbonyl (C=O) groups is 1. The Morgan fingerprint density at radius 3 is 2.94 bits per heavy atom. The van der Waals surface area contributed by atoms with Crippen molar-refractivity contribution < 1.29 is 28.2 Å². The second-order valence-electron chi connectivity index (χ2n) is 8.10. The third-order valence-corrected chi connectivity index (χ3v) is 5.77. The lowest BCUT2D eigenvalue weighted by molar-refractivity contribution is -0.144. The maximum atomic E-state index is 12.1. The number of methoxy groups -OCH3 is 1. The molecule has 0 amide bonds. The van der Waals surface area contributed by atoms with Crippen molar-refractivity contribution in [2.45, 2.75) is 45.3 Å². The number of esters is 1. The van der Waals surface area contributed by atoms with Crippen LogP contribution in [0.1, 0.15) is 36.0 Å². The first-order valence-electron chi connectivity index (χ1n) is 10.8. The van der Waals surface area contributed by atoms with Crippen LogP contribution >= 0.6 is 0 Å². The van der Waals surface area contributed by atoms with Crippen molar-refractivity contribution in [3.05, 3.63) is 39.2 Å². The highest BCUT2D eigenvalue weighted by atomic mass is 16.6. The fraction of sp³-hybridized carbons (Fsp3) is 0.565. The summed E-state index contributed by atoms with van der Waals surface area (Å²) in [5.41, 5.74) is 2.79. The highest BCUT2D eigenvalue weighted by Gasteiger charge is 2.28. The Hall–Kier alpha value is -2.42. The minimum Gasteiger partial charge on any atom is -0.477 e. The first kappa shape index (κ1) is 21.8. The maximum Gasteiger partial charge on any atom is 0.336 e. The predicted molar refractivity (Wildman–Crippen MR) is 113 cm³/mol. The quantitative estimate of drug-likeness (QED) is 0.358. The van der Waals surface area contributed by atoms with Crippen molar-refractivity contribution in [2.75, 3.05) is 40.2 Å². The zero-order valence-corrected chi connectivity index (χ0v) is 18.1. The average Bonchev–Trinajstić information content (AvgIpc) is 3.25. The van der Waals surface area contributed by atoms with Crippen LogP contribution in [0.15, 0.2) is 21.3 Å². The van der Waals surface area contributed by atoms with E-state index >= 15 is 0 Å². The van der Waals surface area contributed by atoms with Crippen LogP contribution in [0.4, 0.5) is 0 Å². The number of hydrogen-bond acceptors (Lipinski definition) is 8. The predicted octanol–water partition coefficient (Wildman–Crippen LogP) is 2.55. The van der Waals surface area contributed by atoms with Crippen LogP contribution in [0, 0.1) is 6.92 Å². The number of carbonyl (C=O) groups excluding carboxylic acids is 1. The molecule has 1 atom stereocenters. The fourth-order valence-electron chi connectivity index (χ4n) is 4.23. The molecular formula is C23H29NO7. The van der Waals surface area contributed by atoms with Gasteiger partial charge in [-0.1, -0.05) is 0 Å². The number of rotatable bonds is 8. The van der Waals surface area contributed by atoms with Crippen LogP contribution in [0.2, 0.25) is 0 Å². The average molecular weight is 431 g/mol. The lowest BCUT2D eigenvalue weighted by Crippen LogP contribution is -2.38. The molecule has 2 aliphatic rings. The van der Waals surface area contributed by atoms with Crippen molar-refractivity contribution >= 4 is 16.9 Å². The lowest BCUT2D eigenvalue weighted by Gasteiger charge is -2.32. The van der Waals surface area contributed by atoms with Gasteiger partial charge < -0.3 is 23.4 Å². The van der Waals surface area contributed by atoms with Gasteiger partial charge in [0.15, 0.2) is 0 Å². The van der Waals surface area contributed by atoms with Gasteiger partial charge in [0, 0.05) is 44.7 Å². The summed E-state index contributed by atoms with van der Waals surface area (Å²) in [6.07, 6.45) is 3.05. The molecule has 0 radical (unpaired) electrons. The van der Waals surface area contributed by atoms with Gasteiger partial charge in [0.1, 0.15) is 24.7 Å². The van der Waals surface area contributed by atoms with Gasteiger partial charge in [0.25, 0.3) is 0 Å². The smallest absolute Gasteiger partial charge is 0.336 e. The number of hydrogen-bond donors (Lipinski definition) is 0. The molecule has 0 spiro atoms. The third kappa shape index (κ3) is 5.08. The SMILES string of the molecule is COCCOC(=O)CCc1cc2c(C)cc(=O)oc2c2c1OCN(CC1CCCO1)C2. The van der Waals surface area contributed by atoms with Crippen molar-refractivity contribution in [2.24, 2.45) is 0 Å². The molecular weight excluding hydrogens is 402 g/mol. The summed E-state index contributed by atoms with van der Waals surface area (Å²) in [7, 11) is 1.56. The summed E-state index contributed by atoms with van der Waals surface area (Å²) in [5, 5.41) is 0.865. The Balaban J connectivity index is 1.60. The van der Waals surface area contributed by atoms with Gasteiger partial charge >= 0.3 is 11.6 Å². The van der Waals surface area contributed by atoms with Crippen molar-refractivity contribution in [1.29, 1.82) is 0 Å². The molecule has 0 saturated carbocycles. The Kier molecular flexibility index (Phi) is 6.89. The van der Waals surface area contributed by atoms with Gasteiger partial charge in [0.05, 0.1) is 18.3 Å². The summed E-state index contributed by atoms with van der Waals surface area (Å²) < 4.78 is 27.6. The second-order valence-corrected chi connectivity index (χ2v) is 8.10. The largest absolute Gasteiger partial charge is 0.477 e. The van der Waals surface area contributed by atoms with Crippen molar-refractivity contribution in [3.63, 3.8) is 0 Å². The van der Waals surface area contributed by atoms with E-state index in [4.69, 9.17) is 23.4 Å². The summed E-state index contributed by atoms with van der Waals surface area (Å²) >= 11 is 0. The molecule has 0 N–H and O–H groups in total. The van der Waals surface area contributed by atoms with E-state index in [0.29, 0.717) is 37.6 Å². The molecule has 2 aliphatic heterocycles. The monoisotopic (exact) mass is 431 g/mol. The minimum atomic E-state index is -0.377. The summed E-state index contributed by atoms with van der Waals surface area (Å²) in [6.45, 7) is 5.11. The molecule has 8 nitrogen and oxygen atoms in total. The first-order valence-corrected chi connectivity index (χ1v) is 10.8. The molecule has 168 valence electrons. The van der Waals surface area contributed by atoms with Gasteiger partial charge in [-0.25, -0.2) is 4.79 Å². The molecule has 2 aromatic rings. The van der Waals surface area contributed by atoms with Crippen LogP contribution in [0.3, 0.4) is 0 Å². The molecule has 1 aromatic carbocycles. The van der Waals surface area contributed by atoms with E-state index in [-0.39, 0.29) is 30.7 Å². The van der Waals surface area contributed by atoms with E-state index in [0.717, 1.165) is 48.1 Å². The molecule has 3 heterocycles. The molecule has 0 bridgehead atoms. The van der Waals surface area contributed by atoms with Crippen molar-refractivity contribution in [1.82, 2.24) is 4.90 Å². The Morgan fingerprint density at radius 2 is 2.16 bits per heavy atom. The molecule has 8 heteroatoms. The molecule has 1 aromatic heterocycles. The zero-order chi connectivity index (χ0) is 21.8. The maximum absolute atomic E-state index is 12.1. The molecule has 0 aliphatic carbocycles. The zero-order valence-electron chi connectivity index (χ0n) is 18.1. The minimum absolute atomic E-state index is 0.204. The topological polar surface area (TPSA) is 87.4 Å². The molecule has 4 rings (SSSR count). The summed E-state index contributed by atoms with van der Waals surface area (Å²) in [5.74, 6) is 0.424. The lowest BCUT2D eigenvalue weighted by atomic mass is 9.97. The van der Waals surface area contributed by atoms with E-state index in [1.54, 1.807) is 7.11 Å². The first-order chi connectivity index (χ1) is 15.0. The standard InChI is InChI=1S/C23H29NO7/c1-15-10-21(26)31-23-18(15)11-16(5-6-20(25)29-9-8-27-2)22-19(23)13-24(14-30-22)12-17-4-3-7-28-17/h10-11,17H,3-9,12-14H2,1-2H3. The number of benzene rings is 1. The second kappa shape index (κ2) is 9.80. The summed E-state index contributed by atoms with van der Waals surface area (Å²) in [4.78, 5) is 26.3. The van der Waals surface area contributed by atoms with Gasteiger partial charge in [0.2, 0.25) is 0 Å². The Bertz CT molecular complexity index is 994. The Morgan fingerprint density at radius 1 is 1.29 bits per heavy atom. The molecule has 1 fully saturated rings. The van der Waals surface area contributed by atoms with Gasteiger partial charge in [-0.05, 0) is 43.4 Å². The highest BCUT2D eigenvalue weighted by molar-refractivity contribution is 5.86. The van der Waals surface area contributed by atoms with Crippen LogP contribution in [-0.2, 0) is 32.0 Å². The number of nitrogens with zero attached hydrogens (tertiary/aromatic N) is 1. The highest BCUT2D eigenvalue weighted by Crippen LogP contribution is 2.37. The van der Waals surface area contributed by atoms with E-state index in [2.05, 4.69) is 4.90 Å². The number of aryl methyl sites for hydroxylation is 2. The van der Waals surface area contributed by atoms with Gasteiger partial charge in [-0.3, -0.25) is 9.69 Å². The van der Waals surface area contributed by atoms with Gasteiger partial charge in [-0.15, -0.1) is 0 Å². The molecule has 1 saturated heterocycles. The summed E-state index contributed by atoms with van der Waals surface area (Å²) in [6, 6.07) is 3.45. The van der Waals surface area contributed by atoms with Crippen LogP contribution in [0.5, 0.6) is 5.75 Å². The van der Waals surface area contributed by atoms with Crippen LogP contribution in [0.25, 0.3) is 11.0 Å². The molecule has 1 unspecified atom stereocenters. The van der Waals surface area contributed by atoms with E-state index in [9.17, 15) is 9.59 Å². The van der Waals surface area contributed by atoms with Gasteiger partial charge in [-0.2, -0.15) is 0 Å². The van der Waals surface area contributed by atoms with E-state index in [1.807, 2.05) is 13.0 Å². The number of fused-ring (bicyclic) bond motifs is 3. The van der Waals surface area contributed by atoms with Crippen LogP contribution < -0.4 is 10.4 Å². The Labute approximate surface area is 181 Å². The van der Waals surface area contributed by atoms with Crippen molar-refractivity contribution in [3.8, 4) is 5.75 Å². The van der Waals surface area contributed by atoms with Crippen LogP contribution in [-0.4, -0.2) is 57.2 Å². The fourth-order valence-corrected chi connectivity index (χ4v) is 4.23. The third-order valence-electron chi connectivity index (χ3n) is 5.77.